The largest absolute Gasteiger partial charge is 0.262 e. The molecule has 0 fully saturated rings. The van der Waals surface area contributed by atoms with Gasteiger partial charge in [-0.15, -0.1) is 11.6 Å². The number of halogens is 1. The van der Waals surface area contributed by atoms with Gasteiger partial charge in [0.2, 0.25) is 0 Å². The molecule has 1 aromatic rings. The van der Waals surface area contributed by atoms with Crippen LogP contribution in [0.5, 0.6) is 0 Å². The van der Waals surface area contributed by atoms with E-state index >= 15 is 0 Å². The fourth-order valence-electron chi connectivity index (χ4n) is 0.575. The molecule has 0 amide bonds. The Labute approximate surface area is 70.1 Å². The maximum atomic E-state index is 5.36. The van der Waals surface area contributed by atoms with Gasteiger partial charge in [-0.25, -0.2) is 4.98 Å². The summed E-state index contributed by atoms with van der Waals surface area (Å²) in [7, 11) is 0. The van der Waals surface area contributed by atoms with E-state index in [2.05, 4.69) is 15.5 Å². The molecule has 0 spiro atoms. The van der Waals surface area contributed by atoms with Crippen molar-refractivity contribution in [3.05, 3.63) is 24.4 Å². The summed E-state index contributed by atoms with van der Waals surface area (Å²) in [6.45, 7) is 0. The lowest BCUT2D eigenvalue weighted by Gasteiger charge is -1.95. The summed E-state index contributed by atoms with van der Waals surface area (Å²) in [6, 6.07) is 5.55. The quantitative estimate of drug-likeness (QED) is 0.425. The molecule has 1 N–H and O–H groups in total. The first-order valence-corrected chi connectivity index (χ1v) is 3.71. The maximum absolute atomic E-state index is 5.36. The van der Waals surface area contributed by atoms with Gasteiger partial charge in [0.05, 0.1) is 5.88 Å². The average Bonchev–Trinajstić information content (AvgIpc) is 2.07. The van der Waals surface area contributed by atoms with Gasteiger partial charge in [0.25, 0.3) is 0 Å². The summed E-state index contributed by atoms with van der Waals surface area (Å²) in [5, 5.41) is 3.79. The molecular weight excluding hydrogens is 162 g/mol. The Morgan fingerprint density at radius 3 is 3.18 bits per heavy atom. The number of alkyl halides is 1. The minimum atomic E-state index is 0.403. The molecule has 0 saturated carbocycles. The van der Waals surface area contributed by atoms with Gasteiger partial charge in [-0.05, 0) is 12.1 Å². The van der Waals surface area contributed by atoms with Crippen molar-refractivity contribution in [2.45, 2.75) is 0 Å². The van der Waals surface area contributed by atoms with Gasteiger partial charge >= 0.3 is 0 Å². The van der Waals surface area contributed by atoms with E-state index in [0.29, 0.717) is 11.7 Å². The second-order valence-corrected chi connectivity index (χ2v) is 2.10. The molecule has 0 aliphatic heterocycles. The molecule has 3 nitrogen and oxygen atoms in total. The molecule has 0 aliphatic carbocycles. The molecule has 0 aromatic carbocycles. The Hall–Kier alpha value is -1.09. The van der Waals surface area contributed by atoms with Crippen LogP contribution in [0.3, 0.4) is 0 Å². The smallest absolute Gasteiger partial charge is 0.146 e. The van der Waals surface area contributed by atoms with Crippen molar-refractivity contribution in [2.75, 3.05) is 11.3 Å². The van der Waals surface area contributed by atoms with Gasteiger partial charge in [-0.2, -0.15) is 5.10 Å². The van der Waals surface area contributed by atoms with Gasteiger partial charge in [0, 0.05) is 12.4 Å². The zero-order chi connectivity index (χ0) is 7.94. The molecule has 1 heterocycles. The van der Waals surface area contributed by atoms with E-state index in [0.717, 1.165) is 0 Å². The Morgan fingerprint density at radius 1 is 1.64 bits per heavy atom. The highest BCUT2D eigenvalue weighted by Crippen LogP contribution is 1.98. The number of nitrogens with zero attached hydrogens (tertiary/aromatic N) is 2. The first kappa shape index (κ1) is 8.01. The molecule has 1 rings (SSSR count). The summed E-state index contributed by atoms with van der Waals surface area (Å²) in [4.78, 5) is 3.98. The third kappa shape index (κ3) is 3.00. The molecule has 4 heteroatoms. The van der Waals surface area contributed by atoms with Crippen molar-refractivity contribution in [1.29, 1.82) is 0 Å². The fraction of sp³-hybridized carbons (Fsp3) is 0.143. The molecule has 0 atom stereocenters. The van der Waals surface area contributed by atoms with Crippen LogP contribution in [0.1, 0.15) is 0 Å². The van der Waals surface area contributed by atoms with Crippen molar-refractivity contribution >= 4 is 23.6 Å². The van der Waals surface area contributed by atoms with E-state index in [1.807, 2.05) is 18.2 Å². The molecular formula is C7H8ClN3. The van der Waals surface area contributed by atoms with Crippen LogP contribution < -0.4 is 5.43 Å². The third-order valence-electron chi connectivity index (χ3n) is 1.00. The van der Waals surface area contributed by atoms with Crippen molar-refractivity contribution in [3.8, 4) is 0 Å². The van der Waals surface area contributed by atoms with E-state index < -0.39 is 0 Å². The predicted molar refractivity (Wildman–Crippen MR) is 47.1 cm³/mol. The van der Waals surface area contributed by atoms with Crippen LogP contribution in [0.25, 0.3) is 0 Å². The molecule has 0 unspecified atom stereocenters. The van der Waals surface area contributed by atoms with E-state index in [9.17, 15) is 0 Å². The van der Waals surface area contributed by atoms with Crippen LogP contribution in [0, 0.1) is 0 Å². The topological polar surface area (TPSA) is 37.3 Å². The SMILES string of the molecule is ClCC=NNc1ccccn1. The second kappa shape index (κ2) is 4.68. The van der Waals surface area contributed by atoms with E-state index in [-0.39, 0.29) is 0 Å². The molecule has 58 valence electrons. The number of hydrogen-bond donors (Lipinski definition) is 1. The first-order valence-electron chi connectivity index (χ1n) is 3.18. The molecule has 11 heavy (non-hydrogen) atoms. The van der Waals surface area contributed by atoms with Gasteiger partial charge in [0.15, 0.2) is 0 Å². The van der Waals surface area contributed by atoms with Crippen LogP contribution in [0.15, 0.2) is 29.5 Å². The number of rotatable bonds is 3. The number of aromatic nitrogens is 1. The minimum Gasteiger partial charge on any atom is -0.262 e. The molecule has 1 aromatic heterocycles. The summed E-state index contributed by atoms with van der Waals surface area (Å²) in [6.07, 6.45) is 3.26. The van der Waals surface area contributed by atoms with Gasteiger partial charge in [0.1, 0.15) is 5.82 Å². The summed E-state index contributed by atoms with van der Waals surface area (Å²) in [5.41, 5.74) is 2.72. The zero-order valence-electron chi connectivity index (χ0n) is 5.87. The number of hydrazone groups is 1. The molecule has 0 saturated heterocycles. The number of anilines is 1. The summed E-state index contributed by atoms with van der Waals surface area (Å²) in [5.74, 6) is 1.12. The van der Waals surface area contributed by atoms with Crippen molar-refractivity contribution in [1.82, 2.24) is 4.98 Å². The van der Waals surface area contributed by atoms with E-state index in [1.165, 1.54) is 0 Å². The minimum absolute atomic E-state index is 0.403. The lowest BCUT2D eigenvalue weighted by atomic mass is 10.5. The third-order valence-corrected chi connectivity index (χ3v) is 1.14. The Kier molecular flexibility index (Phi) is 3.41. The van der Waals surface area contributed by atoms with Gasteiger partial charge < -0.3 is 0 Å². The molecule has 0 bridgehead atoms. The highest BCUT2D eigenvalue weighted by Gasteiger charge is 1.83. The Bertz CT molecular complexity index is 222. The highest BCUT2D eigenvalue weighted by atomic mass is 35.5. The number of nitrogens with one attached hydrogen (secondary N) is 1. The second-order valence-electron chi connectivity index (χ2n) is 1.79. The average molecular weight is 170 g/mol. The standard InChI is InChI=1S/C7H8ClN3/c8-4-6-10-11-7-3-1-2-5-9-7/h1-3,5-6H,4H2,(H,9,11). The van der Waals surface area contributed by atoms with Crippen molar-refractivity contribution in [3.63, 3.8) is 0 Å². The first-order chi connectivity index (χ1) is 5.43. The lowest BCUT2D eigenvalue weighted by Crippen LogP contribution is -1.91. The Balaban J connectivity index is 2.45. The van der Waals surface area contributed by atoms with E-state index in [4.69, 9.17) is 11.6 Å². The van der Waals surface area contributed by atoms with Gasteiger partial charge in [-0.1, -0.05) is 6.07 Å². The monoisotopic (exact) mass is 169 g/mol. The lowest BCUT2D eigenvalue weighted by molar-refractivity contribution is 1.23. The van der Waals surface area contributed by atoms with Crippen LogP contribution in [-0.2, 0) is 0 Å². The van der Waals surface area contributed by atoms with Crippen molar-refractivity contribution < 1.29 is 0 Å². The fourth-order valence-corrected chi connectivity index (χ4v) is 0.644. The van der Waals surface area contributed by atoms with Crippen molar-refractivity contribution in [2.24, 2.45) is 5.10 Å². The number of hydrogen-bond acceptors (Lipinski definition) is 3. The van der Waals surface area contributed by atoms with E-state index in [1.54, 1.807) is 12.4 Å². The van der Waals surface area contributed by atoms with Crippen LogP contribution >= 0.6 is 11.6 Å². The predicted octanol–water partition coefficient (Wildman–Crippen LogP) is 1.72. The molecule has 0 radical (unpaired) electrons. The van der Waals surface area contributed by atoms with Crippen LogP contribution in [0.2, 0.25) is 0 Å². The zero-order valence-corrected chi connectivity index (χ0v) is 6.62. The normalized spacial score (nSPS) is 10.3. The summed E-state index contributed by atoms with van der Waals surface area (Å²) < 4.78 is 0. The molecule has 0 aliphatic rings. The summed E-state index contributed by atoms with van der Waals surface area (Å²) >= 11 is 5.36. The van der Waals surface area contributed by atoms with Gasteiger partial charge in [-0.3, -0.25) is 5.43 Å². The highest BCUT2D eigenvalue weighted by molar-refractivity contribution is 6.24. The Morgan fingerprint density at radius 2 is 2.55 bits per heavy atom. The maximum Gasteiger partial charge on any atom is 0.146 e. The number of pyridine rings is 1. The van der Waals surface area contributed by atoms with Crippen LogP contribution in [0.4, 0.5) is 5.82 Å². The van der Waals surface area contributed by atoms with Crippen LogP contribution in [-0.4, -0.2) is 17.1 Å².